The van der Waals surface area contributed by atoms with E-state index in [0.29, 0.717) is 30.3 Å². The Hall–Kier alpha value is -1.11. The number of hydrogen-bond acceptors (Lipinski definition) is 4. The summed E-state index contributed by atoms with van der Waals surface area (Å²) in [4.78, 5) is 25.5. The Labute approximate surface area is 119 Å². The second-order valence-corrected chi connectivity index (χ2v) is 6.02. The van der Waals surface area contributed by atoms with E-state index in [-0.39, 0.29) is 12.5 Å². The van der Waals surface area contributed by atoms with Gasteiger partial charge in [-0.25, -0.2) is 4.79 Å². The highest BCUT2D eigenvalue weighted by Gasteiger charge is 2.32. The first-order valence-electron chi connectivity index (χ1n) is 5.92. The minimum Gasteiger partial charge on any atom is -0.480 e. The Morgan fingerprint density at radius 3 is 2.95 bits per heavy atom. The minimum absolute atomic E-state index is 0.0614. The number of nitrogens with zero attached hydrogens (tertiary/aromatic N) is 1. The molecule has 1 fully saturated rings. The monoisotopic (exact) mass is 303 g/mol. The molecule has 104 valence electrons. The Kier molecular flexibility index (Phi) is 4.79. The molecule has 1 atom stereocenters. The molecule has 0 bridgehead atoms. The summed E-state index contributed by atoms with van der Waals surface area (Å²) >= 11 is 7.26. The molecule has 7 heteroatoms. The average Bonchev–Trinajstić information content (AvgIpc) is 2.81. The summed E-state index contributed by atoms with van der Waals surface area (Å²) in [5.74, 6) is -1.17. The molecule has 1 amide bonds. The van der Waals surface area contributed by atoms with Gasteiger partial charge in [0.05, 0.1) is 17.6 Å². The highest BCUT2D eigenvalue weighted by molar-refractivity contribution is 7.16. The number of thiophene rings is 1. The van der Waals surface area contributed by atoms with Gasteiger partial charge < -0.3 is 14.7 Å². The molecule has 2 heterocycles. The number of carbonyl (C=O) groups is 2. The first-order valence-corrected chi connectivity index (χ1v) is 7.11. The summed E-state index contributed by atoms with van der Waals surface area (Å²) < 4.78 is 5.79. The van der Waals surface area contributed by atoms with Crippen molar-refractivity contribution in [2.75, 3.05) is 19.8 Å². The van der Waals surface area contributed by atoms with E-state index >= 15 is 0 Å². The first-order chi connectivity index (χ1) is 9.08. The van der Waals surface area contributed by atoms with Crippen molar-refractivity contribution in [3.63, 3.8) is 0 Å². The summed E-state index contributed by atoms with van der Waals surface area (Å²) in [6.45, 7) is 0.785. The zero-order valence-corrected chi connectivity index (χ0v) is 11.7. The Morgan fingerprint density at radius 1 is 1.53 bits per heavy atom. The van der Waals surface area contributed by atoms with Crippen molar-refractivity contribution >= 4 is 34.8 Å². The number of morpholine rings is 1. The van der Waals surface area contributed by atoms with E-state index in [4.69, 9.17) is 21.4 Å². The molecule has 0 saturated carbocycles. The summed E-state index contributed by atoms with van der Waals surface area (Å²) in [6, 6.07) is 2.81. The molecule has 2 rings (SSSR count). The lowest BCUT2D eigenvalue weighted by Gasteiger charge is -2.32. The van der Waals surface area contributed by atoms with Gasteiger partial charge in [0.1, 0.15) is 0 Å². The zero-order valence-electron chi connectivity index (χ0n) is 10.2. The molecular weight excluding hydrogens is 290 g/mol. The van der Waals surface area contributed by atoms with Crippen LogP contribution in [-0.2, 0) is 20.7 Å². The third-order valence-corrected chi connectivity index (χ3v) is 4.24. The maximum Gasteiger partial charge on any atom is 0.328 e. The van der Waals surface area contributed by atoms with E-state index in [9.17, 15) is 9.59 Å². The summed E-state index contributed by atoms with van der Waals surface area (Å²) in [7, 11) is 0. The SMILES string of the molecule is O=C(O)[C@@H]1COCCN1C(=O)CCc1ccc(Cl)s1. The van der Waals surface area contributed by atoms with Gasteiger partial charge in [-0.2, -0.15) is 0 Å². The van der Waals surface area contributed by atoms with Crippen molar-refractivity contribution in [1.29, 1.82) is 0 Å². The lowest BCUT2D eigenvalue weighted by Crippen LogP contribution is -2.52. The normalized spacial score (nSPS) is 19.4. The van der Waals surface area contributed by atoms with E-state index in [1.807, 2.05) is 6.07 Å². The third kappa shape index (κ3) is 3.68. The first kappa shape index (κ1) is 14.3. The second kappa shape index (κ2) is 6.36. The van der Waals surface area contributed by atoms with Gasteiger partial charge in [-0.1, -0.05) is 11.6 Å². The number of rotatable bonds is 4. The quantitative estimate of drug-likeness (QED) is 0.918. The largest absolute Gasteiger partial charge is 0.480 e. The van der Waals surface area contributed by atoms with Gasteiger partial charge in [0, 0.05) is 17.8 Å². The predicted octanol–water partition coefficient (Wildman–Crippen LogP) is 1.65. The van der Waals surface area contributed by atoms with Gasteiger partial charge in [-0.15, -0.1) is 11.3 Å². The van der Waals surface area contributed by atoms with E-state index in [2.05, 4.69) is 0 Å². The predicted molar refractivity (Wildman–Crippen MR) is 71.6 cm³/mol. The number of ether oxygens (including phenoxy) is 1. The van der Waals surface area contributed by atoms with Crippen LogP contribution in [0, 0.1) is 0 Å². The summed E-state index contributed by atoms with van der Waals surface area (Å²) in [5.41, 5.74) is 0. The fraction of sp³-hybridized carbons (Fsp3) is 0.500. The maximum atomic E-state index is 12.1. The topological polar surface area (TPSA) is 66.8 Å². The van der Waals surface area contributed by atoms with Crippen LogP contribution in [0.4, 0.5) is 0 Å². The van der Waals surface area contributed by atoms with Crippen LogP contribution in [0.5, 0.6) is 0 Å². The summed E-state index contributed by atoms with van der Waals surface area (Å²) in [5, 5.41) is 9.06. The lowest BCUT2D eigenvalue weighted by atomic mass is 10.2. The molecule has 0 aliphatic carbocycles. The van der Waals surface area contributed by atoms with Gasteiger partial charge in [0.15, 0.2) is 6.04 Å². The highest BCUT2D eigenvalue weighted by atomic mass is 35.5. The van der Waals surface area contributed by atoms with Crippen LogP contribution in [0.2, 0.25) is 4.34 Å². The van der Waals surface area contributed by atoms with Crippen LogP contribution in [0.1, 0.15) is 11.3 Å². The standard InChI is InChI=1S/C12H14ClNO4S/c13-10-3-1-8(19-10)2-4-11(15)14-5-6-18-7-9(14)12(16)17/h1,3,9H,2,4-7H2,(H,16,17)/t9-/m0/s1. The lowest BCUT2D eigenvalue weighted by molar-refractivity contribution is -0.158. The molecule has 5 nitrogen and oxygen atoms in total. The molecule has 1 aromatic rings. The number of carboxylic acid groups (broad SMARTS) is 1. The van der Waals surface area contributed by atoms with Crippen molar-refractivity contribution in [2.45, 2.75) is 18.9 Å². The number of aryl methyl sites for hydroxylation is 1. The fourth-order valence-corrected chi connectivity index (χ4v) is 3.05. The van der Waals surface area contributed by atoms with Crippen molar-refractivity contribution in [3.8, 4) is 0 Å². The molecule has 0 radical (unpaired) electrons. The van der Waals surface area contributed by atoms with Crippen LogP contribution in [-0.4, -0.2) is 47.7 Å². The maximum absolute atomic E-state index is 12.1. The van der Waals surface area contributed by atoms with Gasteiger partial charge in [0.25, 0.3) is 0 Å². The van der Waals surface area contributed by atoms with E-state index in [1.54, 1.807) is 6.07 Å². The van der Waals surface area contributed by atoms with E-state index in [0.717, 1.165) is 4.88 Å². The van der Waals surface area contributed by atoms with E-state index < -0.39 is 12.0 Å². The Balaban J connectivity index is 1.92. The van der Waals surface area contributed by atoms with Gasteiger partial charge in [-0.05, 0) is 18.6 Å². The van der Waals surface area contributed by atoms with Crippen molar-refractivity contribution in [1.82, 2.24) is 4.90 Å². The van der Waals surface area contributed by atoms with Crippen LogP contribution in [0.15, 0.2) is 12.1 Å². The van der Waals surface area contributed by atoms with Crippen molar-refractivity contribution in [2.24, 2.45) is 0 Å². The molecule has 0 unspecified atom stereocenters. The molecular formula is C12H14ClNO4S. The number of amides is 1. The number of halogens is 1. The molecule has 1 N–H and O–H groups in total. The average molecular weight is 304 g/mol. The van der Waals surface area contributed by atoms with Crippen molar-refractivity contribution < 1.29 is 19.4 Å². The zero-order chi connectivity index (χ0) is 13.8. The van der Waals surface area contributed by atoms with Crippen LogP contribution in [0.3, 0.4) is 0 Å². The van der Waals surface area contributed by atoms with Crippen LogP contribution < -0.4 is 0 Å². The van der Waals surface area contributed by atoms with E-state index in [1.165, 1.54) is 16.2 Å². The third-order valence-electron chi connectivity index (χ3n) is 2.95. The molecule has 0 spiro atoms. The van der Waals surface area contributed by atoms with Crippen molar-refractivity contribution in [3.05, 3.63) is 21.3 Å². The summed E-state index contributed by atoms with van der Waals surface area (Å²) in [6.07, 6.45) is 0.876. The van der Waals surface area contributed by atoms with Crippen LogP contribution in [0.25, 0.3) is 0 Å². The number of carboxylic acids is 1. The molecule has 1 aliphatic rings. The highest BCUT2D eigenvalue weighted by Crippen LogP contribution is 2.23. The van der Waals surface area contributed by atoms with Gasteiger partial charge >= 0.3 is 5.97 Å². The molecule has 1 saturated heterocycles. The molecule has 19 heavy (non-hydrogen) atoms. The number of hydrogen-bond donors (Lipinski definition) is 1. The van der Waals surface area contributed by atoms with Gasteiger partial charge in [0.2, 0.25) is 5.91 Å². The second-order valence-electron chi connectivity index (χ2n) is 4.22. The molecule has 0 aromatic carbocycles. The fourth-order valence-electron chi connectivity index (χ4n) is 1.97. The van der Waals surface area contributed by atoms with Crippen LogP contribution >= 0.6 is 22.9 Å². The number of aliphatic carboxylic acids is 1. The molecule has 1 aromatic heterocycles. The minimum atomic E-state index is -1.02. The smallest absolute Gasteiger partial charge is 0.328 e. The number of carbonyl (C=O) groups excluding carboxylic acids is 1. The molecule has 1 aliphatic heterocycles. The Morgan fingerprint density at radius 2 is 2.32 bits per heavy atom. The van der Waals surface area contributed by atoms with Gasteiger partial charge in [-0.3, -0.25) is 4.79 Å². The Bertz CT molecular complexity index is 476.